The van der Waals surface area contributed by atoms with Gasteiger partial charge < -0.3 is 20.7 Å². The van der Waals surface area contributed by atoms with E-state index >= 15 is 0 Å². The van der Waals surface area contributed by atoms with Crippen LogP contribution in [-0.2, 0) is 9.53 Å². The number of ether oxygens (including phenoxy) is 1. The summed E-state index contributed by atoms with van der Waals surface area (Å²) in [4.78, 5) is 11.3. The highest BCUT2D eigenvalue weighted by Crippen LogP contribution is 2.27. The lowest BCUT2D eigenvalue weighted by Crippen LogP contribution is -2.42. The van der Waals surface area contributed by atoms with Gasteiger partial charge in [0.1, 0.15) is 5.60 Å². The van der Waals surface area contributed by atoms with Gasteiger partial charge in [-0.1, -0.05) is 0 Å². The second kappa shape index (κ2) is 3.35. The van der Waals surface area contributed by atoms with Gasteiger partial charge in [-0.3, -0.25) is 4.79 Å². The Bertz CT molecular complexity index is 261. The van der Waals surface area contributed by atoms with Crippen molar-refractivity contribution in [1.29, 1.82) is 0 Å². The molecule has 0 radical (unpaired) electrons. The molecule has 1 atom stereocenters. The first kappa shape index (κ1) is 10.0. The lowest BCUT2D eigenvalue weighted by molar-refractivity contribution is -0.127. The molecule has 0 aliphatic heterocycles. The van der Waals surface area contributed by atoms with Crippen LogP contribution in [0.3, 0.4) is 0 Å². The summed E-state index contributed by atoms with van der Waals surface area (Å²) in [5.41, 5.74) is 4.27. The summed E-state index contributed by atoms with van der Waals surface area (Å²) in [5.74, 6) is -0.277. The van der Waals surface area contributed by atoms with Crippen molar-refractivity contribution in [3.05, 3.63) is 11.5 Å². The summed E-state index contributed by atoms with van der Waals surface area (Å²) < 4.78 is 4.77. The molecule has 0 aromatic carbocycles. The molecule has 0 bridgehead atoms. The van der Waals surface area contributed by atoms with E-state index in [0.717, 1.165) is 0 Å². The number of Topliss-reactive ketones (excluding diaryl/α,β-unsaturated/α-hetero) is 1. The van der Waals surface area contributed by atoms with Crippen LogP contribution < -0.4 is 5.73 Å². The van der Waals surface area contributed by atoms with E-state index in [-0.39, 0.29) is 30.1 Å². The molecular formula is C8H13NO4. The molecule has 0 spiro atoms. The SMILES string of the molecule is COC1=C(N)C[C@@](O)(CO)CC1=O. The summed E-state index contributed by atoms with van der Waals surface area (Å²) in [6.07, 6.45) is -0.0776. The van der Waals surface area contributed by atoms with Crippen LogP contribution >= 0.6 is 0 Å². The maximum Gasteiger partial charge on any atom is 0.202 e. The van der Waals surface area contributed by atoms with E-state index in [1.54, 1.807) is 0 Å². The number of nitrogens with two attached hydrogens (primary N) is 1. The summed E-state index contributed by atoms with van der Waals surface area (Å²) >= 11 is 0. The van der Waals surface area contributed by atoms with E-state index in [2.05, 4.69) is 0 Å². The fourth-order valence-electron chi connectivity index (χ4n) is 1.41. The Kier molecular flexibility index (Phi) is 2.58. The molecule has 13 heavy (non-hydrogen) atoms. The summed E-state index contributed by atoms with van der Waals surface area (Å²) in [5, 5.41) is 18.4. The van der Waals surface area contributed by atoms with E-state index in [1.807, 2.05) is 0 Å². The van der Waals surface area contributed by atoms with Gasteiger partial charge in [0.2, 0.25) is 5.78 Å². The molecule has 0 aromatic rings. The van der Waals surface area contributed by atoms with E-state index in [9.17, 15) is 9.90 Å². The smallest absolute Gasteiger partial charge is 0.202 e. The molecular weight excluding hydrogens is 174 g/mol. The quantitative estimate of drug-likeness (QED) is 0.509. The number of rotatable bonds is 2. The number of aliphatic hydroxyl groups is 2. The Morgan fingerprint density at radius 2 is 2.23 bits per heavy atom. The average Bonchev–Trinajstić information content (AvgIpc) is 2.03. The van der Waals surface area contributed by atoms with E-state index in [0.29, 0.717) is 0 Å². The van der Waals surface area contributed by atoms with Crippen molar-refractivity contribution in [2.75, 3.05) is 13.7 Å². The number of methoxy groups -OCH3 is 1. The normalized spacial score (nSPS) is 29.3. The van der Waals surface area contributed by atoms with E-state index < -0.39 is 12.2 Å². The number of aliphatic hydroxyl groups excluding tert-OH is 1. The molecule has 1 rings (SSSR count). The Morgan fingerprint density at radius 3 is 2.62 bits per heavy atom. The van der Waals surface area contributed by atoms with Crippen molar-refractivity contribution >= 4 is 5.78 Å². The molecule has 0 amide bonds. The topological polar surface area (TPSA) is 92.8 Å². The maximum absolute atomic E-state index is 11.3. The second-order valence-electron chi connectivity index (χ2n) is 3.22. The van der Waals surface area contributed by atoms with Gasteiger partial charge in [0.15, 0.2) is 5.76 Å². The fourth-order valence-corrected chi connectivity index (χ4v) is 1.41. The largest absolute Gasteiger partial charge is 0.491 e. The van der Waals surface area contributed by atoms with Gasteiger partial charge in [-0.25, -0.2) is 0 Å². The number of ketones is 1. The van der Waals surface area contributed by atoms with Crippen LogP contribution in [0.4, 0.5) is 0 Å². The van der Waals surface area contributed by atoms with Gasteiger partial charge in [-0.2, -0.15) is 0 Å². The highest BCUT2D eigenvalue weighted by Gasteiger charge is 2.37. The zero-order valence-corrected chi connectivity index (χ0v) is 7.41. The van der Waals surface area contributed by atoms with Crippen molar-refractivity contribution in [1.82, 2.24) is 0 Å². The number of carbonyl (C=O) groups is 1. The monoisotopic (exact) mass is 187 g/mol. The number of hydrogen-bond donors (Lipinski definition) is 3. The van der Waals surface area contributed by atoms with Crippen LogP contribution in [0.1, 0.15) is 12.8 Å². The van der Waals surface area contributed by atoms with Crippen LogP contribution in [0, 0.1) is 0 Å². The molecule has 0 aromatic heterocycles. The van der Waals surface area contributed by atoms with Gasteiger partial charge in [-0.05, 0) is 0 Å². The molecule has 4 N–H and O–H groups in total. The molecule has 0 fully saturated rings. The first-order valence-electron chi connectivity index (χ1n) is 3.91. The molecule has 5 nitrogen and oxygen atoms in total. The van der Waals surface area contributed by atoms with Crippen LogP contribution in [0.2, 0.25) is 0 Å². The second-order valence-corrected chi connectivity index (χ2v) is 3.22. The van der Waals surface area contributed by atoms with Gasteiger partial charge in [0, 0.05) is 12.8 Å². The third-order valence-corrected chi connectivity index (χ3v) is 2.05. The Labute approximate surface area is 75.8 Å². The summed E-state index contributed by atoms with van der Waals surface area (Å²) in [6, 6.07) is 0. The van der Waals surface area contributed by atoms with Crippen LogP contribution in [0.5, 0.6) is 0 Å². The Balaban J connectivity index is 2.93. The molecule has 0 saturated heterocycles. The van der Waals surface area contributed by atoms with Gasteiger partial charge in [0.05, 0.1) is 19.4 Å². The highest BCUT2D eigenvalue weighted by atomic mass is 16.5. The minimum atomic E-state index is -1.41. The molecule has 0 heterocycles. The van der Waals surface area contributed by atoms with Crippen molar-refractivity contribution in [2.24, 2.45) is 5.73 Å². The number of allylic oxidation sites excluding steroid dienone is 1. The standard InChI is InChI=1S/C8H13NO4/c1-13-7-5(9)2-8(12,4-10)3-6(7)11/h10,12H,2-4,9H2,1H3/t8-/m0/s1. The van der Waals surface area contributed by atoms with Gasteiger partial charge in [-0.15, -0.1) is 0 Å². The predicted molar refractivity (Wildman–Crippen MR) is 44.5 cm³/mol. The van der Waals surface area contributed by atoms with Crippen LogP contribution in [0.25, 0.3) is 0 Å². The molecule has 5 heteroatoms. The third kappa shape index (κ3) is 1.81. The highest BCUT2D eigenvalue weighted by molar-refractivity contribution is 5.95. The maximum atomic E-state index is 11.3. The van der Waals surface area contributed by atoms with Crippen LogP contribution in [0.15, 0.2) is 11.5 Å². The molecule has 0 saturated carbocycles. The van der Waals surface area contributed by atoms with Crippen molar-refractivity contribution < 1.29 is 19.7 Å². The lowest BCUT2D eigenvalue weighted by Gasteiger charge is -2.30. The van der Waals surface area contributed by atoms with E-state index in [4.69, 9.17) is 15.6 Å². The molecule has 0 unspecified atom stereocenters. The lowest BCUT2D eigenvalue weighted by atomic mass is 9.86. The van der Waals surface area contributed by atoms with Gasteiger partial charge >= 0.3 is 0 Å². The number of carbonyl (C=O) groups excluding carboxylic acids is 1. The minimum absolute atomic E-state index is 0.0679. The molecule has 1 aliphatic carbocycles. The summed E-state index contributed by atoms with van der Waals surface area (Å²) in [7, 11) is 1.35. The predicted octanol–water partition coefficient (Wildman–Crippen LogP) is -1.11. The van der Waals surface area contributed by atoms with Crippen molar-refractivity contribution in [2.45, 2.75) is 18.4 Å². The molecule has 74 valence electrons. The number of hydrogen-bond acceptors (Lipinski definition) is 5. The average molecular weight is 187 g/mol. The Morgan fingerprint density at radius 1 is 1.62 bits per heavy atom. The van der Waals surface area contributed by atoms with Crippen molar-refractivity contribution in [3.63, 3.8) is 0 Å². The summed E-state index contributed by atoms with van der Waals surface area (Å²) in [6.45, 7) is -0.476. The zero-order valence-electron chi connectivity index (χ0n) is 7.41. The van der Waals surface area contributed by atoms with Crippen molar-refractivity contribution in [3.8, 4) is 0 Å². The fraction of sp³-hybridized carbons (Fsp3) is 0.625. The van der Waals surface area contributed by atoms with Gasteiger partial charge in [0.25, 0.3) is 0 Å². The first-order chi connectivity index (χ1) is 6.02. The zero-order chi connectivity index (χ0) is 10.1. The first-order valence-corrected chi connectivity index (χ1v) is 3.91. The minimum Gasteiger partial charge on any atom is -0.491 e. The van der Waals surface area contributed by atoms with E-state index in [1.165, 1.54) is 7.11 Å². The Hall–Kier alpha value is -1.07. The van der Waals surface area contributed by atoms with Crippen LogP contribution in [-0.4, -0.2) is 35.3 Å². The third-order valence-electron chi connectivity index (χ3n) is 2.05. The molecule has 1 aliphatic rings.